The molecule has 0 spiro atoms. The Kier molecular flexibility index (Phi) is 4.55. The molecule has 5 heteroatoms. The number of aliphatic carboxylic acids is 1. The van der Waals surface area contributed by atoms with E-state index in [0.717, 1.165) is 11.8 Å². The van der Waals surface area contributed by atoms with E-state index in [0.29, 0.717) is 6.61 Å². The Morgan fingerprint density at radius 3 is 2.50 bits per heavy atom. The molecule has 0 aromatic rings. The molecule has 0 aromatic heterocycles. The number of rotatable bonds is 3. The van der Waals surface area contributed by atoms with Gasteiger partial charge in [0, 0.05) is 0 Å². The van der Waals surface area contributed by atoms with Gasteiger partial charge in [-0.2, -0.15) is 0 Å². The van der Waals surface area contributed by atoms with Crippen molar-refractivity contribution < 1.29 is 14.6 Å². The number of carboxylic acid groups (broad SMARTS) is 1. The third-order valence-corrected chi connectivity index (χ3v) is 2.45. The van der Waals surface area contributed by atoms with Crippen LogP contribution in [0.1, 0.15) is 20.8 Å². The average molecular weight is 208 g/mol. The van der Waals surface area contributed by atoms with Crippen LogP contribution in [0, 0.1) is 0 Å². The summed E-state index contributed by atoms with van der Waals surface area (Å²) >= 11 is 5.84. The lowest BCUT2D eigenvalue weighted by atomic mass is 10.2. The van der Waals surface area contributed by atoms with Gasteiger partial charge in [0.05, 0.1) is 6.61 Å². The summed E-state index contributed by atoms with van der Waals surface area (Å²) in [5.41, 5.74) is 0. The molecule has 0 atom stereocenters. The van der Waals surface area contributed by atoms with Gasteiger partial charge in [-0.15, -0.1) is 0 Å². The van der Waals surface area contributed by atoms with Crippen molar-refractivity contribution in [2.24, 2.45) is 0 Å². The zero-order valence-corrected chi connectivity index (χ0v) is 8.92. The van der Waals surface area contributed by atoms with E-state index < -0.39 is 10.7 Å². The first-order valence-electron chi connectivity index (χ1n) is 3.49. The van der Waals surface area contributed by atoms with E-state index in [2.05, 4.69) is 0 Å². The fourth-order valence-corrected chi connectivity index (χ4v) is 1.82. The summed E-state index contributed by atoms with van der Waals surface area (Å²) in [6.07, 6.45) is 0. The van der Waals surface area contributed by atoms with Gasteiger partial charge in [-0.25, -0.2) is 0 Å². The summed E-state index contributed by atoms with van der Waals surface area (Å²) in [6.45, 7) is 5.46. The number of carbonyl (C=O) groups is 1. The zero-order valence-electron chi connectivity index (χ0n) is 7.29. The van der Waals surface area contributed by atoms with Crippen LogP contribution in [-0.2, 0) is 9.53 Å². The SMILES string of the molecule is CCOC(=S)SC(C)(C)C(=O)O. The Labute approximate surface area is 81.5 Å². The topological polar surface area (TPSA) is 46.5 Å². The van der Waals surface area contributed by atoms with Gasteiger partial charge in [0.2, 0.25) is 4.38 Å². The van der Waals surface area contributed by atoms with Crippen LogP contribution < -0.4 is 0 Å². The van der Waals surface area contributed by atoms with Crippen molar-refractivity contribution in [2.75, 3.05) is 6.61 Å². The quantitative estimate of drug-likeness (QED) is 0.718. The normalized spacial score (nSPS) is 10.9. The van der Waals surface area contributed by atoms with Crippen molar-refractivity contribution in [1.82, 2.24) is 0 Å². The molecule has 0 radical (unpaired) electrons. The predicted octanol–water partition coefficient (Wildman–Crippen LogP) is 1.90. The molecular weight excluding hydrogens is 196 g/mol. The number of thioether (sulfide) groups is 1. The smallest absolute Gasteiger partial charge is 0.319 e. The van der Waals surface area contributed by atoms with Gasteiger partial charge in [0.15, 0.2) is 0 Å². The molecule has 3 nitrogen and oxygen atoms in total. The zero-order chi connectivity index (χ0) is 9.78. The minimum atomic E-state index is -0.910. The molecule has 0 unspecified atom stereocenters. The lowest BCUT2D eigenvalue weighted by molar-refractivity contribution is -0.138. The maximum absolute atomic E-state index is 10.6. The van der Waals surface area contributed by atoms with E-state index in [1.807, 2.05) is 0 Å². The van der Waals surface area contributed by atoms with Gasteiger partial charge in [0.1, 0.15) is 4.75 Å². The van der Waals surface area contributed by atoms with Crippen LogP contribution in [0.2, 0.25) is 0 Å². The largest absolute Gasteiger partial charge is 0.480 e. The van der Waals surface area contributed by atoms with Crippen molar-refractivity contribution in [3.05, 3.63) is 0 Å². The van der Waals surface area contributed by atoms with Crippen molar-refractivity contribution in [3.63, 3.8) is 0 Å². The second-order valence-electron chi connectivity index (χ2n) is 2.60. The van der Waals surface area contributed by atoms with Crippen molar-refractivity contribution in [3.8, 4) is 0 Å². The summed E-state index contributed by atoms with van der Waals surface area (Å²) < 4.78 is 4.33. The molecule has 0 fully saturated rings. The van der Waals surface area contributed by atoms with Crippen molar-refractivity contribution in [1.29, 1.82) is 0 Å². The monoisotopic (exact) mass is 208 g/mol. The van der Waals surface area contributed by atoms with Crippen LogP contribution in [0.4, 0.5) is 0 Å². The van der Waals surface area contributed by atoms with Gasteiger partial charge in [-0.05, 0) is 33.0 Å². The standard InChI is InChI=1S/C7H12O3S2/c1-4-10-6(11)12-7(2,3)5(8)9/h4H2,1-3H3,(H,8,9). The first-order chi connectivity index (χ1) is 5.40. The van der Waals surface area contributed by atoms with Gasteiger partial charge in [0.25, 0.3) is 0 Å². The highest BCUT2D eigenvalue weighted by Crippen LogP contribution is 2.26. The van der Waals surface area contributed by atoms with Crippen LogP contribution in [0.3, 0.4) is 0 Å². The Balaban J connectivity index is 4.06. The number of carboxylic acids is 1. The average Bonchev–Trinajstić information content (AvgIpc) is 1.85. The van der Waals surface area contributed by atoms with E-state index in [9.17, 15) is 4.79 Å². The minimum Gasteiger partial charge on any atom is -0.480 e. The predicted molar refractivity (Wildman–Crippen MR) is 53.5 cm³/mol. The fraction of sp³-hybridized carbons (Fsp3) is 0.714. The highest BCUT2D eigenvalue weighted by atomic mass is 32.2. The number of ether oxygens (including phenoxy) is 1. The van der Waals surface area contributed by atoms with Crippen LogP contribution in [-0.4, -0.2) is 26.8 Å². The second kappa shape index (κ2) is 4.67. The third-order valence-electron chi connectivity index (χ3n) is 1.12. The number of hydrogen-bond donors (Lipinski definition) is 1. The van der Waals surface area contributed by atoms with Gasteiger partial charge >= 0.3 is 5.97 Å². The van der Waals surface area contributed by atoms with E-state index >= 15 is 0 Å². The first kappa shape index (κ1) is 11.7. The lowest BCUT2D eigenvalue weighted by Gasteiger charge is -2.17. The molecule has 0 aliphatic carbocycles. The number of hydrogen-bond acceptors (Lipinski definition) is 4. The summed E-state index contributed by atoms with van der Waals surface area (Å²) in [5, 5.41) is 8.72. The van der Waals surface area contributed by atoms with E-state index in [4.69, 9.17) is 22.1 Å². The van der Waals surface area contributed by atoms with Crippen molar-refractivity contribution in [2.45, 2.75) is 25.5 Å². The molecule has 0 aromatic carbocycles. The maximum Gasteiger partial charge on any atom is 0.319 e. The molecule has 1 N–H and O–H groups in total. The third kappa shape index (κ3) is 3.92. The van der Waals surface area contributed by atoms with Crippen molar-refractivity contribution >= 4 is 34.3 Å². The highest BCUT2D eigenvalue weighted by Gasteiger charge is 2.30. The molecule has 0 bridgehead atoms. The molecule has 0 aliphatic heterocycles. The van der Waals surface area contributed by atoms with Crippen LogP contribution in [0.15, 0.2) is 0 Å². The molecule has 70 valence electrons. The Hall–Kier alpha value is -0.290. The van der Waals surface area contributed by atoms with Gasteiger partial charge < -0.3 is 9.84 Å². The summed E-state index contributed by atoms with van der Waals surface area (Å²) in [6, 6.07) is 0. The molecule has 12 heavy (non-hydrogen) atoms. The molecule has 0 rings (SSSR count). The Morgan fingerprint density at radius 1 is 1.67 bits per heavy atom. The van der Waals surface area contributed by atoms with Gasteiger partial charge in [-0.1, -0.05) is 11.8 Å². The van der Waals surface area contributed by atoms with E-state index in [1.165, 1.54) is 0 Å². The van der Waals surface area contributed by atoms with Crippen LogP contribution >= 0.6 is 24.0 Å². The van der Waals surface area contributed by atoms with Crippen LogP contribution in [0.25, 0.3) is 0 Å². The molecule has 0 heterocycles. The Morgan fingerprint density at radius 2 is 2.17 bits per heavy atom. The molecule has 0 aliphatic rings. The van der Waals surface area contributed by atoms with Crippen LogP contribution in [0.5, 0.6) is 0 Å². The fourth-order valence-electron chi connectivity index (χ4n) is 0.399. The van der Waals surface area contributed by atoms with E-state index in [1.54, 1.807) is 20.8 Å². The second-order valence-corrected chi connectivity index (χ2v) is 4.83. The first-order valence-corrected chi connectivity index (χ1v) is 4.71. The Bertz CT molecular complexity index is 189. The minimum absolute atomic E-state index is 0.282. The summed E-state index contributed by atoms with van der Waals surface area (Å²) in [7, 11) is 0. The molecular formula is C7H12O3S2. The van der Waals surface area contributed by atoms with Gasteiger partial charge in [-0.3, -0.25) is 4.79 Å². The molecule has 0 saturated carbocycles. The highest BCUT2D eigenvalue weighted by molar-refractivity contribution is 8.23. The lowest BCUT2D eigenvalue weighted by Crippen LogP contribution is -2.29. The van der Waals surface area contributed by atoms with E-state index in [-0.39, 0.29) is 4.38 Å². The number of thiocarbonyl (C=S) groups is 1. The maximum atomic E-state index is 10.6. The summed E-state index contributed by atoms with van der Waals surface area (Å²) in [4.78, 5) is 10.6. The summed E-state index contributed by atoms with van der Waals surface area (Å²) in [5.74, 6) is -0.894. The molecule has 0 saturated heterocycles. The molecule has 0 amide bonds.